The zero-order valence-electron chi connectivity index (χ0n) is 13.8. The molecule has 0 amide bonds. The highest BCUT2D eigenvalue weighted by Crippen LogP contribution is 2.10. The van der Waals surface area contributed by atoms with E-state index >= 15 is 0 Å². The summed E-state index contributed by atoms with van der Waals surface area (Å²) in [6, 6.07) is 6.11. The first-order chi connectivity index (χ1) is 11.8. The number of rotatable bonds is 6. The average molecular weight is 350 g/mol. The van der Waals surface area contributed by atoms with Crippen LogP contribution in [0.2, 0.25) is 0 Å². The van der Waals surface area contributed by atoms with Gasteiger partial charge < -0.3 is 9.94 Å². The summed E-state index contributed by atoms with van der Waals surface area (Å²) in [5.74, 6) is -0.688. The largest absolute Gasteiger partial charge is 0.595 e. The minimum Gasteiger partial charge on any atom is -0.595 e. The number of carbonyl (C=O) groups excluding carboxylic acids is 2. The molecule has 10 nitrogen and oxygen atoms in total. The van der Waals surface area contributed by atoms with Gasteiger partial charge in [0.25, 0.3) is 0 Å². The maximum atomic E-state index is 12.3. The molecule has 0 saturated heterocycles. The van der Waals surface area contributed by atoms with Crippen LogP contribution in [0, 0.1) is 5.21 Å². The van der Waals surface area contributed by atoms with E-state index in [9.17, 15) is 19.6 Å². The minimum atomic E-state index is -1.04. The average Bonchev–Trinajstić information content (AvgIpc) is 2.84. The number of nitrogens with one attached hydrogen (secondary N) is 1. The van der Waals surface area contributed by atoms with Gasteiger partial charge in [0.15, 0.2) is 5.69 Å². The molecule has 0 radical (unpaired) electrons. The Bertz CT molecular complexity index is 822. The van der Waals surface area contributed by atoms with Crippen molar-refractivity contribution < 1.29 is 24.8 Å². The Morgan fingerprint density at radius 1 is 1.28 bits per heavy atom. The Hall–Kier alpha value is -2.82. The van der Waals surface area contributed by atoms with Gasteiger partial charge in [-0.1, -0.05) is 12.1 Å². The van der Waals surface area contributed by atoms with Crippen molar-refractivity contribution in [1.29, 1.82) is 0 Å². The summed E-state index contributed by atoms with van der Waals surface area (Å²) in [6.07, 6.45) is 0.218. The third kappa shape index (κ3) is 4.59. The van der Waals surface area contributed by atoms with Gasteiger partial charge in [-0.3, -0.25) is 14.2 Å². The maximum absolute atomic E-state index is 12.3. The van der Waals surface area contributed by atoms with Crippen molar-refractivity contribution in [3.63, 3.8) is 0 Å². The Labute approximate surface area is 142 Å². The first-order valence-corrected chi connectivity index (χ1v) is 7.45. The molecular formula is C15H18N4O6. The van der Waals surface area contributed by atoms with Gasteiger partial charge in [-0.25, -0.2) is 10.0 Å². The standard InChI is InChI=1S/C15H18N4O6/c1-10(20)18-15(22)17(7-8-25-11(2)21)14(16-18)9-12-3-5-13(6-4-12)19(23)24/h3-6,19,23H,7-9H2,1-2H3. The van der Waals surface area contributed by atoms with Crippen molar-refractivity contribution in [3.05, 3.63) is 51.3 Å². The summed E-state index contributed by atoms with van der Waals surface area (Å²) < 4.78 is 6.84. The van der Waals surface area contributed by atoms with Crippen LogP contribution in [0.4, 0.5) is 5.69 Å². The molecule has 0 bridgehead atoms. The van der Waals surface area contributed by atoms with Gasteiger partial charge in [0.05, 0.1) is 6.54 Å². The lowest BCUT2D eigenvalue weighted by molar-refractivity contribution is -0.991. The molecule has 1 atom stereocenters. The fourth-order valence-corrected chi connectivity index (χ4v) is 2.23. The molecule has 0 saturated carbocycles. The summed E-state index contributed by atoms with van der Waals surface area (Å²) in [4.78, 5) is 34.7. The minimum absolute atomic E-state index is 0.0240. The molecule has 0 aliphatic carbocycles. The van der Waals surface area contributed by atoms with Crippen molar-refractivity contribution in [2.24, 2.45) is 0 Å². The molecule has 0 aliphatic rings. The van der Waals surface area contributed by atoms with Crippen LogP contribution >= 0.6 is 0 Å². The Morgan fingerprint density at radius 3 is 2.44 bits per heavy atom. The van der Waals surface area contributed by atoms with Crippen LogP contribution < -0.4 is 10.9 Å². The van der Waals surface area contributed by atoms with Crippen molar-refractivity contribution in [1.82, 2.24) is 14.3 Å². The third-order valence-corrected chi connectivity index (χ3v) is 3.42. The van der Waals surface area contributed by atoms with Crippen LogP contribution in [-0.2, 0) is 22.5 Å². The summed E-state index contributed by atoms with van der Waals surface area (Å²) >= 11 is 0. The molecule has 1 aromatic heterocycles. The molecule has 1 unspecified atom stereocenters. The lowest BCUT2D eigenvalue weighted by Crippen LogP contribution is -2.99. The molecule has 2 aromatic rings. The Balaban J connectivity index is 2.28. The zero-order chi connectivity index (χ0) is 18.6. The topological polar surface area (TPSA) is 131 Å². The third-order valence-electron chi connectivity index (χ3n) is 3.42. The number of quaternary nitrogens is 1. The number of carbonyl (C=O) groups is 2. The van der Waals surface area contributed by atoms with Gasteiger partial charge >= 0.3 is 11.7 Å². The summed E-state index contributed by atoms with van der Waals surface area (Å²) in [5, 5.41) is 22.8. The first-order valence-electron chi connectivity index (χ1n) is 7.45. The van der Waals surface area contributed by atoms with Gasteiger partial charge in [0.2, 0.25) is 5.91 Å². The SMILES string of the molecule is CC(=O)OCCn1c(Cc2ccc([NH+]([O-])O)cc2)nn(C(C)=O)c1=O. The van der Waals surface area contributed by atoms with Crippen LogP contribution in [-0.4, -0.2) is 38.0 Å². The highest BCUT2D eigenvalue weighted by Gasteiger charge is 2.16. The molecule has 0 fully saturated rings. The first kappa shape index (κ1) is 18.5. The van der Waals surface area contributed by atoms with Crippen LogP contribution in [0.5, 0.6) is 0 Å². The predicted molar refractivity (Wildman–Crippen MR) is 84.4 cm³/mol. The van der Waals surface area contributed by atoms with Crippen LogP contribution in [0.3, 0.4) is 0 Å². The number of ether oxygens (including phenoxy) is 1. The maximum Gasteiger partial charge on any atom is 0.353 e. The van der Waals surface area contributed by atoms with Gasteiger partial charge in [-0.15, -0.1) is 9.78 Å². The number of benzene rings is 1. The molecule has 2 N–H and O–H groups in total. The number of hydrogen-bond acceptors (Lipinski definition) is 7. The quantitative estimate of drug-likeness (QED) is 0.518. The lowest BCUT2D eigenvalue weighted by Gasteiger charge is -2.11. The molecule has 25 heavy (non-hydrogen) atoms. The van der Waals surface area contributed by atoms with Gasteiger partial charge in [0.1, 0.15) is 12.4 Å². The fourth-order valence-electron chi connectivity index (χ4n) is 2.23. The number of aromatic nitrogens is 3. The van der Waals surface area contributed by atoms with Crippen molar-refractivity contribution >= 4 is 17.6 Å². The van der Waals surface area contributed by atoms with Gasteiger partial charge in [0, 0.05) is 32.4 Å². The lowest BCUT2D eigenvalue weighted by atomic mass is 10.1. The highest BCUT2D eigenvalue weighted by molar-refractivity contribution is 5.74. The number of hydrogen-bond donors (Lipinski definition) is 2. The number of esters is 1. The van der Waals surface area contributed by atoms with E-state index < -0.39 is 22.8 Å². The van der Waals surface area contributed by atoms with E-state index in [0.717, 1.165) is 10.2 Å². The summed E-state index contributed by atoms with van der Waals surface area (Å²) in [6.45, 7) is 2.51. The monoisotopic (exact) mass is 350 g/mol. The molecule has 134 valence electrons. The van der Waals surface area contributed by atoms with E-state index in [2.05, 4.69) is 5.10 Å². The van der Waals surface area contributed by atoms with Crippen LogP contribution in [0.1, 0.15) is 30.0 Å². The second-order valence-corrected chi connectivity index (χ2v) is 5.30. The molecule has 0 aliphatic heterocycles. The molecule has 0 spiro atoms. The summed E-state index contributed by atoms with van der Waals surface area (Å²) in [7, 11) is 0. The van der Waals surface area contributed by atoms with E-state index in [-0.39, 0.29) is 25.3 Å². The Morgan fingerprint density at radius 2 is 1.92 bits per heavy atom. The molecule has 1 aromatic carbocycles. The molecular weight excluding hydrogens is 332 g/mol. The van der Waals surface area contributed by atoms with Gasteiger partial charge in [-0.05, 0) is 5.56 Å². The van der Waals surface area contributed by atoms with E-state index in [4.69, 9.17) is 9.94 Å². The van der Waals surface area contributed by atoms with E-state index in [1.807, 2.05) is 0 Å². The molecule has 2 rings (SSSR count). The normalized spacial score (nSPS) is 12.0. The molecule has 1 heterocycles. The molecule has 10 heteroatoms. The van der Waals surface area contributed by atoms with Crippen LogP contribution in [0.15, 0.2) is 29.1 Å². The smallest absolute Gasteiger partial charge is 0.353 e. The highest BCUT2D eigenvalue weighted by atomic mass is 16.8. The fraction of sp³-hybridized carbons (Fsp3) is 0.333. The van der Waals surface area contributed by atoms with E-state index in [1.165, 1.54) is 30.5 Å². The van der Waals surface area contributed by atoms with Crippen molar-refractivity contribution in [2.75, 3.05) is 6.61 Å². The number of nitrogens with zero attached hydrogens (tertiary/aromatic N) is 3. The summed E-state index contributed by atoms with van der Waals surface area (Å²) in [5.41, 5.74) is 0.251. The van der Waals surface area contributed by atoms with Crippen molar-refractivity contribution in [3.8, 4) is 0 Å². The predicted octanol–water partition coefficient (Wildman–Crippen LogP) is -0.738. The van der Waals surface area contributed by atoms with Crippen molar-refractivity contribution in [2.45, 2.75) is 26.8 Å². The second kappa shape index (κ2) is 7.83. The Kier molecular flexibility index (Phi) is 5.80. The van der Waals surface area contributed by atoms with E-state index in [1.54, 1.807) is 12.1 Å². The second-order valence-electron chi connectivity index (χ2n) is 5.30. The van der Waals surface area contributed by atoms with E-state index in [0.29, 0.717) is 5.82 Å². The zero-order valence-corrected chi connectivity index (χ0v) is 13.8. The van der Waals surface area contributed by atoms with Gasteiger partial charge in [-0.2, -0.15) is 5.23 Å². The van der Waals surface area contributed by atoms with Crippen LogP contribution in [0.25, 0.3) is 0 Å².